The van der Waals surface area contributed by atoms with Crippen molar-refractivity contribution in [1.82, 2.24) is 0 Å². The highest BCUT2D eigenvalue weighted by atomic mass is 32.2. The molecule has 0 atom stereocenters. The number of thioether (sulfide) groups is 1. The van der Waals surface area contributed by atoms with Crippen molar-refractivity contribution in [1.29, 1.82) is 0 Å². The second-order valence-corrected chi connectivity index (χ2v) is 4.72. The molecule has 0 fully saturated rings. The molecule has 16 heavy (non-hydrogen) atoms. The fourth-order valence-corrected chi connectivity index (χ4v) is 2.97. The summed E-state index contributed by atoms with van der Waals surface area (Å²) in [4.78, 5) is 0. The van der Waals surface area contributed by atoms with Gasteiger partial charge in [-0.3, -0.25) is 0 Å². The van der Waals surface area contributed by atoms with Crippen LogP contribution in [-0.2, 0) is 5.75 Å². The molecular weight excluding hydrogens is 212 g/mol. The maximum atomic E-state index is 2.28. The van der Waals surface area contributed by atoms with Crippen molar-refractivity contribution in [3.63, 3.8) is 0 Å². The molecule has 0 N–H and O–H groups in total. The predicted molar refractivity (Wildman–Crippen MR) is 71.3 cm³/mol. The van der Waals surface area contributed by atoms with Gasteiger partial charge in [0.05, 0.1) is 0 Å². The highest BCUT2D eigenvalue weighted by Crippen LogP contribution is 2.35. The van der Waals surface area contributed by atoms with E-state index in [0.717, 1.165) is 5.75 Å². The summed E-state index contributed by atoms with van der Waals surface area (Å²) in [5.74, 6) is 1.09. The lowest BCUT2D eigenvalue weighted by Gasteiger charge is -2.17. The molecule has 0 aliphatic carbocycles. The minimum atomic E-state index is 1.09. The second-order valence-electron chi connectivity index (χ2n) is 3.87. The first-order valence-electron chi connectivity index (χ1n) is 5.40. The topological polar surface area (TPSA) is 0 Å². The van der Waals surface area contributed by atoms with Crippen molar-refractivity contribution in [2.24, 2.45) is 0 Å². The van der Waals surface area contributed by atoms with Crippen molar-refractivity contribution in [2.75, 3.05) is 0 Å². The molecule has 0 bridgehead atoms. The third kappa shape index (κ3) is 1.68. The van der Waals surface area contributed by atoms with Crippen molar-refractivity contribution >= 4 is 17.3 Å². The number of hydrogen-bond acceptors (Lipinski definition) is 1. The molecule has 2 aromatic carbocycles. The lowest BCUT2D eigenvalue weighted by molar-refractivity contribution is 1.36. The van der Waals surface area contributed by atoms with E-state index >= 15 is 0 Å². The van der Waals surface area contributed by atoms with E-state index < -0.39 is 0 Å². The van der Waals surface area contributed by atoms with Gasteiger partial charge in [0.1, 0.15) is 0 Å². The molecule has 0 nitrogen and oxygen atoms in total. The van der Waals surface area contributed by atoms with Gasteiger partial charge in [-0.25, -0.2) is 0 Å². The molecule has 0 aromatic heterocycles. The highest BCUT2D eigenvalue weighted by molar-refractivity contribution is 8.01. The van der Waals surface area contributed by atoms with Crippen molar-refractivity contribution < 1.29 is 0 Å². The van der Waals surface area contributed by atoms with Gasteiger partial charge >= 0.3 is 0 Å². The quantitative estimate of drug-likeness (QED) is 0.695. The van der Waals surface area contributed by atoms with Gasteiger partial charge in [0.15, 0.2) is 0 Å². The maximum absolute atomic E-state index is 2.28. The van der Waals surface area contributed by atoms with Gasteiger partial charge in [0.25, 0.3) is 0 Å². The normalized spacial score (nSPS) is 14.1. The zero-order chi connectivity index (χ0) is 10.8. The average molecular weight is 224 g/mol. The summed E-state index contributed by atoms with van der Waals surface area (Å²) in [6.07, 6.45) is 0. The van der Waals surface area contributed by atoms with Gasteiger partial charge in [-0.15, -0.1) is 11.8 Å². The van der Waals surface area contributed by atoms with Gasteiger partial charge < -0.3 is 0 Å². The van der Waals surface area contributed by atoms with Gasteiger partial charge in [0, 0.05) is 5.75 Å². The molecule has 0 saturated heterocycles. The Bertz CT molecular complexity index is 526. The van der Waals surface area contributed by atoms with Crippen LogP contribution in [0.3, 0.4) is 0 Å². The average Bonchev–Trinajstić information content (AvgIpc) is 2.39. The third-order valence-electron chi connectivity index (χ3n) is 2.83. The Morgan fingerprint density at radius 2 is 1.56 bits per heavy atom. The summed E-state index contributed by atoms with van der Waals surface area (Å²) in [5, 5.41) is 2.28. The third-order valence-corrected chi connectivity index (χ3v) is 3.71. The van der Waals surface area contributed by atoms with E-state index in [2.05, 4.69) is 60.0 Å². The van der Waals surface area contributed by atoms with E-state index in [1.54, 1.807) is 0 Å². The largest absolute Gasteiger partial charge is 0.129 e. The predicted octanol–water partition coefficient (Wildman–Crippen LogP) is 4.32. The monoisotopic (exact) mass is 224 g/mol. The molecule has 3 rings (SSSR count). The van der Waals surface area contributed by atoms with Crippen LogP contribution in [0, 0.1) is 0 Å². The molecular formula is C15H12S. The summed E-state index contributed by atoms with van der Waals surface area (Å²) in [6.45, 7) is 0. The van der Waals surface area contributed by atoms with Crippen LogP contribution in [0.2, 0.25) is 0 Å². The molecule has 1 aliphatic heterocycles. The Morgan fingerprint density at radius 1 is 0.812 bits per heavy atom. The van der Waals surface area contributed by atoms with Gasteiger partial charge in [0.2, 0.25) is 0 Å². The molecule has 1 heterocycles. The van der Waals surface area contributed by atoms with Crippen LogP contribution >= 0.6 is 11.8 Å². The van der Waals surface area contributed by atoms with E-state index in [0.29, 0.717) is 0 Å². The Kier molecular flexibility index (Phi) is 2.55. The second kappa shape index (κ2) is 4.18. The van der Waals surface area contributed by atoms with Crippen LogP contribution in [-0.4, -0.2) is 0 Å². The van der Waals surface area contributed by atoms with E-state index in [1.807, 2.05) is 11.8 Å². The minimum Gasteiger partial charge on any atom is -0.129 e. The maximum Gasteiger partial charge on any atom is 0.0232 e. The van der Waals surface area contributed by atoms with Gasteiger partial charge in [-0.05, 0) is 27.7 Å². The lowest BCUT2D eigenvalue weighted by atomic mass is 9.96. The summed E-state index contributed by atoms with van der Waals surface area (Å²) in [7, 11) is 0. The van der Waals surface area contributed by atoms with Crippen molar-refractivity contribution in [3.8, 4) is 0 Å². The number of rotatable bonds is 1. The fraction of sp³-hybridized carbons (Fsp3) is 0.0667. The van der Waals surface area contributed by atoms with Gasteiger partial charge in [-0.1, -0.05) is 54.6 Å². The lowest BCUT2D eigenvalue weighted by Crippen LogP contribution is -1.97. The SMILES string of the molecule is C1=C(c2ccccc2)c2ccccc2CS1. The zero-order valence-corrected chi connectivity index (χ0v) is 9.71. The van der Waals surface area contributed by atoms with Crippen molar-refractivity contribution in [3.05, 3.63) is 76.7 Å². The zero-order valence-electron chi connectivity index (χ0n) is 8.89. The number of hydrogen-bond donors (Lipinski definition) is 0. The molecule has 2 aromatic rings. The smallest absolute Gasteiger partial charge is 0.0232 e. The summed E-state index contributed by atoms with van der Waals surface area (Å²) in [5.41, 5.74) is 5.48. The van der Waals surface area contributed by atoms with Gasteiger partial charge in [-0.2, -0.15) is 0 Å². The van der Waals surface area contributed by atoms with Crippen LogP contribution in [0.5, 0.6) is 0 Å². The fourth-order valence-electron chi connectivity index (χ4n) is 2.03. The Morgan fingerprint density at radius 3 is 2.44 bits per heavy atom. The number of fused-ring (bicyclic) bond motifs is 1. The molecule has 78 valence electrons. The summed E-state index contributed by atoms with van der Waals surface area (Å²) >= 11 is 1.88. The Balaban J connectivity index is 2.13. The molecule has 0 unspecified atom stereocenters. The van der Waals surface area contributed by atoms with Crippen molar-refractivity contribution in [2.45, 2.75) is 5.75 Å². The van der Waals surface area contributed by atoms with Crippen LogP contribution in [0.4, 0.5) is 0 Å². The molecule has 0 radical (unpaired) electrons. The van der Waals surface area contributed by atoms with E-state index in [1.165, 1.54) is 22.3 Å². The van der Waals surface area contributed by atoms with Crippen LogP contribution < -0.4 is 0 Å². The standard InChI is InChI=1S/C15H12S/c1-2-6-12(7-3-1)15-11-16-10-13-8-4-5-9-14(13)15/h1-9,11H,10H2. The Hall–Kier alpha value is -1.47. The van der Waals surface area contributed by atoms with E-state index in [-0.39, 0.29) is 0 Å². The first kappa shape index (κ1) is 9.73. The van der Waals surface area contributed by atoms with Crippen LogP contribution in [0.25, 0.3) is 5.57 Å². The molecule has 0 saturated carbocycles. The van der Waals surface area contributed by atoms with E-state index in [9.17, 15) is 0 Å². The number of benzene rings is 2. The summed E-state index contributed by atoms with van der Waals surface area (Å²) < 4.78 is 0. The van der Waals surface area contributed by atoms with Crippen LogP contribution in [0.1, 0.15) is 16.7 Å². The first-order valence-corrected chi connectivity index (χ1v) is 6.45. The molecule has 1 heteroatoms. The minimum absolute atomic E-state index is 1.09. The summed E-state index contributed by atoms with van der Waals surface area (Å²) in [6, 6.07) is 19.3. The Labute approximate surface area is 100 Å². The highest BCUT2D eigenvalue weighted by Gasteiger charge is 2.12. The van der Waals surface area contributed by atoms with Crippen LogP contribution in [0.15, 0.2) is 60.0 Å². The molecule has 1 aliphatic rings. The van der Waals surface area contributed by atoms with E-state index in [4.69, 9.17) is 0 Å². The molecule has 0 spiro atoms. The first-order chi connectivity index (χ1) is 7.95. The molecule has 0 amide bonds.